The summed E-state index contributed by atoms with van der Waals surface area (Å²) in [7, 11) is 0. The molecule has 9 nitrogen and oxygen atoms in total. The van der Waals surface area contributed by atoms with E-state index < -0.39 is 6.04 Å². The van der Waals surface area contributed by atoms with Gasteiger partial charge in [0, 0.05) is 82.7 Å². The Morgan fingerprint density at radius 3 is 1.75 bits per heavy atom. The fourth-order valence-electron chi connectivity index (χ4n) is 7.22. The van der Waals surface area contributed by atoms with Gasteiger partial charge in [-0.05, 0) is 99.0 Å². The molecule has 13 heteroatoms. The molecule has 3 aliphatic rings. The number of hydrogen-bond donors (Lipinski definition) is 3. The standard InChI is InChI=1S/C26H22ClN3O2S.C24H21ClN2O2S/c27-18-11-8-16(9-12-18)24-19-5-1-2-7-22(19)33-23-13-10-17(15-21(23)29-24)25(31)30-20-6-3-4-14-28-26(20)32;1-2-29-14-13-26-24(28)17-9-12-22-20(15-17)27-23(16-7-10-18(25)11-8-16)19-5-3-4-6-21(19)30-22/h1-2,5,7-13,15,20H,3-4,6,14H2,(H,28,32)(H,30,31);3-12,15H,2,13-14H2,1H3,(H,26,28). The lowest BCUT2D eigenvalue weighted by Crippen LogP contribution is -2.45. The van der Waals surface area contributed by atoms with E-state index in [4.69, 9.17) is 37.9 Å². The molecular weight excluding hydrogens is 870 g/mol. The zero-order chi connectivity index (χ0) is 43.7. The third kappa shape index (κ3) is 10.7. The molecule has 1 atom stereocenters. The molecule has 1 saturated heterocycles. The highest BCUT2D eigenvalue weighted by molar-refractivity contribution is 7.99. The number of aliphatic imine (C=N–C) groups is 2. The summed E-state index contributed by atoms with van der Waals surface area (Å²) in [5.41, 5.74) is 8.27. The predicted molar refractivity (Wildman–Crippen MR) is 254 cm³/mol. The Morgan fingerprint density at radius 2 is 1.21 bits per heavy atom. The SMILES string of the molecule is CCOCCNC(=O)c1ccc2c(c1)N=C(c1ccc(Cl)cc1)c1ccccc1S2.O=C(NC1CCCCNC1=O)c1ccc2c(c1)N=C(c1ccc(Cl)cc1)c1ccccc1S2. The van der Waals surface area contributed by atoms with Crippen LogP contribution >= 0.6 is 46.7 Å². The van der Waals surface area contributed by atoms with Crippen LogP contribution in [0.3, 0.4) is 0 Å². The van der Waals surface area contributed by atoms with Gasteiger partial charge >= 0.3 is 0 Å². The molecule has 9 rings (SSSR count). The maximum Gasteiger partial charge on any atom is 0.252 e. The maximum atomic E-state index is 13.0. The summed E-state index contributed by atoms with van der Waals surface area (Å²) >= 11 is 15.5. The van der Waals surface area contributed by atoms with Gasteiger partial charge in [0.25, 0.3) is 11.8 Å². The number of rotatable bonds is 9. The Morgan fingerprint density at radius 1 is 0.683 bits per heavy atom. The third-order valence-electron chi connectivity index (χ3n) is 10.4. The highest BCUT2D eigenvalue weighted by atomic mass is 35.5. The molecule has 3 N–H and O–H groups in total. The van der Waals surface area contributed by atoms with Gasteiger partial charge in [-0.25, -0.2) is 9.98 Å². The van der Waals surface area contributed by atoms with Gasteiger partial charge in [0.05, 0.1) is 29.4 Å². The lowest BCUT2D eigenvalue weighted by molar-refractivity contribution is -0.122. The van der Waals surface area contributed by atoms with Crippen LogP contribution in [0.4, 0.5) is 11.4 Å². The van der Waals surface area contributed by atoms with Crippen molar-refractivity contribution in [2.75, 3.05) is 26.3 Å². The zero-order valence-corrected chi connectivity index (χ0v) is 37.5. The van der Waals surface area contributed by atoms with Crippen LogP contribution in [0.2, 0.25) is 10.0 Å². The van der Waals surface area contributed by atoms with Crippen LogP contribution in [-0.4, -0.2) is 61.5 Å². The third-order valence-corrected chi connectivity index (χ3v) is 13.2. The number of hydrogen-bond acceptors (Lipinski definition) is 8. The predicted octanol–water partition coefficient (Wildman–Crippen LogP) is 11.1. The fraction of sp³-hybridized carbons (Fsp3) is 0.180. The Balaban J connectivity index is 0.000000174. The van der Waals surface area contributed by atoms with E-state index in [0.29, 0.717) is 53.9 Å². The van der Waals surface area contributed by atoms with Crippen molar-refractivity contribution >= 4 is 87.2 Å². The minimum absolute atomic E-state index is 0.121. The van der Waals surface area contributed by atoms with Crippen molar-refractivity contribution in [3.63, 3.8) is 0 Å². The number of carbonyl (C=O) groups excluding carboxylic acids is 3. The molecule has 318 valence electrons. The van der Waals surface area contributed by atoms with Gasteiger partial charge in [-0.15, -0.1) is 0 Å². The van der Waals surface area contributed by atoms with Crippen molar-refractivity contribution in [3.8, 4) is 0 Å². The van der Waals surface area contributed by atoms with Crippen molar-refractivity contribution in [1.29, 1.82) is 0 Å². The first-order valence-corrected chi connectivity index (χ1v) is 23.1. The first kappa shape index (κ1) is 43.9. The lowest BCUT2D eigenvalue weighted by Gasteiger charge is -2.15. The Labute approximate surface area is 385 Å². The van der Waals surface area contributed by atoms with Crippen LogP contribution in [-0.2, 0) is 9.53 Å². The Kier molecular flexibility index (Phi) is 14.4. The smallest absolute Gasteiger partial charge is 0.252 e. The fourth-order valence-corrected chi connectivity index (χ4v) is 9.48. The van der Waals surface area contributed by atoms with Gasteiger partial charge in [-0.1, -0.05) is 107 Å². The van der Waals surface area contributed by atoms with Crippen LogP contribution in [0.25, 0.3) is 0 Å². The average Bonchev–Trinajstić information content (AvgIpc) is 3.69. The van der Waals surface area contributed by atoms with Crippen LogP contribution in [0.5, 0.6) is 0 Å². The normalized spacial score (nSPS) is 15.1. The first-order valence-electron chi connectivity index (χ1n) is 20.7. The Hall–Kier alpha value is -5.69. The van der Waals surface area contributed by atoms with Crippen LogP contribution in [0, 0.1) is 0 Å². The summed E-state index contributed by atoms with van der Waals surface area (Å²) in [5.74, 6) is -0.521. The number of nitrogens with one attached hydrogen (secondary N) is 3. The molecule has 6 aromatic carbocycles. The number of ether oxygens (including phenoxy) is 1. The van der Waals surface area contributed by atoms with Gasteiger partial charge in [0.1, 0.15) is 6.04 Å². The van der Waals surface area contributed by atoms with E-state index in [9.17, 15) is 14.4 Å². The van der Waals surface area contributed by atoms with E-state index in [1.807, 2.05) is 104 Å². The maximum absolute atomic E-state index is 13.0. The van der Waals surface area contributed by atoms with E-state index in [1.54, 1.807) is 35.7 Å². The monoisotopic (exact) mass is 911 g/mol. The number of amides is 3. The molecule has 0 saturated carbocycles. The molecule has 0 spiro atoms. The second kappa shape index (κ2) is 20.7. The summed E-state index contributed by atoms with van der Waals surface area (Å²) in [4.78, 5) is 52.0. The Bertz CT molecular complexity index is 2730. The highest BCUT2D eigenvalue weighted by Crippen LogP contribution is 2.43. The molecule has 0 aromatic heterocycles. The van der Waals surface area contributed by atoms with E-state index in [0.717, 1.165) is 77.5 Å². The summed E-state index contributed by atoms with van der Waals surface area (Å²) in [6, 6.07) is 42.3. The zero-order valence-electron chi connectivity index (χ0n) is 34.3. The van der Waals surface area contributed by atoms with Crippen molar-refractivity contribution in [1.82, 2.24) is 16.0 Å². The number of benzene rings is 6. The van der Waals surface area contributed by atoms with Crippen molar-refractivity contribution in [2.24, 2.45) is 9.98 Å². The van der Waals surface area contributed by atoms with Crippen LogP contribution in [0.15, 0.2) is 163 Å². The largest absolute Gasteiger partial charge is 0.380 e. The van der Waals surface area contributed by atoms with Gasteiger partial charge in [0.2, 0.25) is 5.91 Å². The highest BCUT2D eigenvalue weighted by Gasteiger charge is 2.25. The lowest BCUT2D eigenvalue weighted by atomic mass is 10.0. The van der Waals surface area contributed by atoms with Crippen LogP contribution in [0.1, 0.15) is 69.2 Å². The first-order chi connectivity index (χ1) is 30.7. The molecule has 63 heavy (non-hydrogen) atoms. The van der Waals surface area contributed by atoms with Gasteiger partial charge < -0.3 is 20.7 Å². The van der Waals surface area contributed by atoms with Crippen molar-refractivity contribution in [3.05, 3.63) is 177 Å². The molecule has 1 unspecified atom stereocenters. The summed E-state index contributed by atoms with van der Waals surface area (Å²) in [6.45, 7) is 4.19. The minimum Gasteiger partial charge on any atom is -0.380 e. The van der Waals surface area contributed by atoms with Gasteiger partial charge in [0.15, 0.2) is 0 Å². The van der Waals surface area contributed by atoms with E-state index in [2.05, 4.69) is 40.2 Å². The van der Waals surface area contributed by atoms with Gasteiger partial charge in [-0.3, -0.25) is 14.4 Å². The van der Waals surface area contributed by atoms with Crippen molar-refractivity contribution < 1.29 is 19.1 Å². The second-order valence-electron chi connectivity index (χ2n) is 14.8. The molecule has 3 aliphatic heterocycles. The number of fused-ring (bicyclic) bond motifs is 4. The van der Waals surface area contributed by atoms with E-state index in [-0.39, 0.29) is 17.7 Å². The molecule has 3 heterocycles. The second-order valence-corrected chi connectivity index (χ2v) is 17.8. The molecule has 0 aliphatic carbocycles. The summed E-state index contributed by atoms with van der Waals surface area (Å²) in [5, 5.41) is 9.99. The molecule has 0 radical (unpaired) electrons. The van der Waals surface area contributed by atoms with Crippen molar-refractivity contribution in [2.45, 2.75) is 51.8 Å². The average molecular weight is 913 g/mol. The molecule has 1 fully saturated rings. The minimum atomic E-state index is -0.509. The summed E-state index contributed by atoms with van der Waals surface area (Å²) < 4.78 is 5.28. The van der Waals surface area contributed by atoms with Gasteiger partial charge in [-0.2, -0.15) is 0 Å². The molecule has 0 bridgehead atoms. The number of nitrogens with zero attached hydrogens (tertiary/aromatic N) is 2. The molecule has 3 amide bonds. The molecular formula is C50H43Cl2N5O4S2. The number of halogens is 2. The molecule has 6 aromatic rings. The topological polar surface area (TPSA) is 121 Å². The number of carbonyl (C=O) groups is 3. The van der Waals surface area contributed by atoms with Crippen LogP contribution < -0.4 is 16.0 Å². The quantitative estimate of drug-likeness (QED) is 0.124. The summed E-state index contributed by atoms with van der Waals surface area (Å²) in [6.07, 6.45) is 2.47. The van der Waals surface area contributed by atoms with E-state index >= 15 is 0 Å². The van der Waals surface area contributed by atoms with E-state index in [1.165, 1.54) is 0 Å².